The number of aliphatic carboxylic acids is 1. The number of carbonyl (C=O) groups is 1. The van der Waals surface area contributed by atoms with E-state index in [2.05, 4.69) is 0 Å². The molecule has 0 spiro atoms. The molecule has 0 saturated heterocycles. The number of hydrogen-bond acceptors (Lipinski definition) is 6. The van der Waals surface area contributed by atoms with E-state index in [4.69, 9.17) is 9.47 Å². The third-order valence-corrected chi connectivity index (χ3v) is 5.78. The number of methoxy groups -OCH3 is 1. The standard InChI is InChI=1S/C28H31FO6/c1-17-12-18(2)28(35-16-23(31)14-22(30)15-26(32)33)25(13-17)27(19-4-8-21(29)9-5-19)20-6-10-24(34-3)11-7-20/h4-13,22-23,27,30-31H,14-16H2,1-3H3,(H,32,33)/p-1/t22-,23?,27?/m1/s1. The van der Waals surface area contributed by atoms with Gasteiger partial charge >= 0.3 is 0 Å². The number of carbonyl (C=O) groups excluding carboxylic acids is 1. The first-order valence-corrected chi connectivity index (χ1v) is 11.4. The average molecular weight is 482 g/mol. The number of halogens is 1. The fraction of sp³-hybridized carbons (Fsp3) is 0.321. The van der Waals surface area contributed by atoms with Gasteiger partial charge in [0.2, 0.25) is 0 Å². The normalized spacial score (nSPS) is 13.7. The highest BCUT2D eigenvalue weighted by molar-refractivity contribution is 5.64. The van der Waals surface area contributed by atoms with Gasteiger partial charge in [-0.2, -0.15) is 0 Å². The van der Waals surface area contributed by atoms with Crippen LogP contribution in [0.25, 0.3) is 0 Å². The molecule has 35 heavy (non-hydrogen) atoms. The lowest BCUT2D eigenvalue weighted by Gasteiger charge is -2.25. The van der Waals surface area contributed by atoms with E-state index in [1.54, 1.807) is 19.2 Å². The van der Waals surface area contributed by atoms with Gasteiger partial charge in [0.1, 0.15) is 23.9 Å². The molecule has 2 unspecified atom stereocenters. The minimum Gasteiger partial charge on any atom is -0.550 e. The summed E-state index contributed by atoms with van der Waals surface area (Å²) in [5.74, 6) is -0.742. The molecule has 0 aliphatic rings. The minimum absolute atomic E-state index is 0.139. The van der Waals surface area contributed by atoms with Crippen molar-refractivity contribution in [3.8, 4) is 11.5 Å². The zero-order chi connectivity index (χ0) is 25.5. The summed E-state index contributed by atoms with van der Waals surface area (Å²) in [5, 5.41) is 30.8. The molecule has 0 aromatic heterocycles. The Balaban J connectivity index is 1.99. The van der Waals surface area contributed by atoms with E-state index in [1.165, 1.54) is 12.1 Å². The van der Waals surface area contributed by atoms with Crippen molar-refractivity contribution in [2.24, 2.45) is 0 Å². The number of benzene rings is 3. The highest BCUT2D eigenvalue weighted by atomic mass is 19.1. The molecule has 0 heterocycles. The first-order chi connectivity index (χ1) is 16.7. The van der Waals surface area contributed by atoms with Crippen LogP contribution in [0.2, 0.25) is 0 Å². The van der Waals surface area contributed by atoms with Crippen molar-refractivity contribution in [1.29, 1.82) is 0 Å². The van der Waals surface area contributed by atoms with Crippen LogP contribution in [0.1, 0.15) is 46.6 Å². The third-order valence-electron chi connectivity index (χ3n) is 5.78. The van der Waals surface area contributed by atoms with Crippen LogP contribution in [0.3, 0.4) is 0 Å². The van der Waals surface area contributed by atoms with Gasteiger partial charge in [-0.15, -0.1) is 0 Å². The van der Waals surface area contributed by atoms with Gasteiger partial charge < -0.3 is 29.6 Å². The van der Waals surface area contributed by atoms with E-state index in [0.717, 1.165) is 27.8 Å². The van der Waals surface area contributed by atoms with Gasteiger partial charge in [0, 0.05) is 30.3 Å². The van der Waals surface area contributed by atoms with Crippen LogP contribution in [0, 0.1) is 19.7 Å². The van der Waals surface area contributed by atoms with E-state index in [1.807, 2.05) is 50.2 Å². The lowest BCUT2D eigenvalue weighted by Crippen LogP contribution is -2.31. The van der Waals surface area contributed by atoms with Gasteiger partial charge in [0.05, 0.1) is 19.3 Å². The highest BCUT2D eigenvalue weighted by Gasteiger charge is 2.24. The summed E-state index contributed by atoms with van der Waals surface area (Å²) in [7, 11) is 1.59. The second kappa shape index (κ2) is 11.8. The lowest BCUT2D eigenvalue weighted by atomic mass is 9.83. The fourth-order valence-electron chi connectivity index (χ4n) is 4.24. The Morgan fingerprint density at radius 2 is 1.57 bits per heavy atom. The molecule has 0 radical (unpaired) electrons. The molecule has 0 bridgehead atoms. The Labute approximate surface area is 204 Å². The van der Waals surface area contributed by atoms with Crippen molar-refractivity contribution in [2.75, 3.05) is 13.7 Å². The second-order valence-corrected chi connectivity index (χ2v) is 8.69. The second-order valence-electron chi connectivity index (χ2n) is 8.69. The number of ether oxygens (including phenoxy) is 2. The van der Waals surface area contributed by atoms with Crippen LogP contribution < -0.4 is 14.6 Å². The van der Waals surface area contributed by atoms with E-state index in [0.29, 0.717) is 11.5 Å². The van der Waals surface area contributed by atoms with Gasteiger partial charge in [-0.05, 0) is 54.8 Å². The van der Waals surface area contributed by atoms with Crippen molar-refractivity contribution < 1.29 is 34.0 Å². The molecule has 3 atom stereocenters. The summed E-state index contributed by atoms with van der Waals surface area (Å²) in [5.41, 5.74) is 4.49. The summed E-state index contributed by atoms with van der Waals surface area (Å²) >= 11 is 0. The average Bonchev–Trinajstić information content (AvgIpc) is 2.79. The highest BCUT2D eigenvalue weighted by Crippen LogP contribution is 2.40. The largest absolute Gasteiger partial charge is 0.550 e. The molecule has 7 heteroatoms. The van der Waals surface area contributed by atoms with Crippen LogP contribution in [0.5, 0.6) is 11.5 Å². The molecule has 2 N–H and O–H groups in total. The number of aliphatic hydroxyl groups excluding tert-OH is 2. The topological polar surface area (TPSA) is 99.1 Å². The number of aryl methyl sites for hydroxylation is 2. The van der Waals surface area contributed by atoms with Crippen molar-refractivity contribution in [3.05, 3.63) is 94.3 Å². The Hall–Kier alpha value is -3.42. The molecule has 0 amide bonds. The van der Waals surface area contributed by atoms with Gasteiger partial charge in [-0.1, -0.05) is 42.0 Å². The monoisotopic (exact) mass is 481 g/mol. The molecule has 186 valence electrons. The van der Waals surface area contributed by atoms with Crippen LogP contribution in [0.15, 0.2) is 60.7 Å². The Bertz CT molecular complexity index is 1130. The Kier molecular flexibility index (Phi) is 8.84. The molecule has 3 aromatic carbocycles. The number of carboxylic acids is 1. The lowest BCUT2D eigenvalue weighted by molar-refractivity contribution is -0.307. The predicted molar refractivity (Wildman–Crippen MR) is 128 cm³/mol. The van der Waals surface area contributed by atoms with Crippen molar-refractivity contribution in [3.63, 3.8) is 0 Å². The summed E-state index contributed by atoms with van der Waals surface area (Å²) in [4.78, 5) is 10.7. The smallest absolute Gasteiger partial charge is 0.126 e. The molecule has 0 aliphatic heterocycles. The maximum absolute atomic E-state index is 13.7. The number of hydrogen-bond donors (Lipinski definition) is 2. The van der Waals surface area contributed by atoms with Crippen molar-refractivity contribution in [1.82, 2.24) is 0 Å². The number of aliphatic hydroxyl groups is 2. The van der Waals surface area contributed by atoms with Crippen molar-refractivity contribution >= 4 is 5.97 Å². The Morgan fingerprint density at radius 3 is 2.14 bits per heavy atom. The van der Waals surface area contributed by atoms with E-state index in [-0.39, 0.29) is 24.8 Å². The minimum atomic E-state index is -1.39. The molecular formula is C28H30FO6-. The SMILES string of the molecule is COc1ccc(C(c2ccc(F)cc2)c2cc(C)cc(C)c2OCC(O)C[C@@H](O)CC(=O)[O-])cc1. The zero-order valence-corrected chi connectivity index (χ0v) is 20.0. The Morgan fingerprint density at radius 1 is 0.971 bits per heavy atom. The first-order valence-electron chi connectivity index (χ1n) is 11.4. The maximum Gasteiger partial charge on any atom is 0.126 e. The summed E-state index contributed by atoms with van der Waals surface area (Å²) in [6.45, 7) is 3.74. The molecule has 0 fully saturated rings. The summed E-state index contributed by atoms with van der Waals surface area (Å²) in [6, 6.07) is 17.9. The fourth-order valence-corrected chi connectivity index (χ4v) is 4.24. The quantitative estimate of drug-likeness (QED) is 0.408. The number of carboxylic acid groups (broad SMARTS) is 1. The maximum atomic E-state index is 13.7. The molecule has 3 rings (SSSR count). The molecular weight excluding hydrogens is 451 g/mol. The van der Waals surface area contributed by atoms with E-state index < -0.39 is 24.6 Å². The molecule has 3 aromatic rings. The van der Waals surface area contributed by atoms with Gasteiger partial charge in [-0.25, -0.2) is 4.39 Å². The first kappa shape index (κ1) is 26.2. The van der Waals surface area contributed by atoms with E-state index in [9.17, 15) is 24.5 Å². The third kappa shape index (κ3) is 7.04. The molecule has 0 aliphatic carbocycles. The van der Waals surface area contributed by atoms with Gasteiger partial charge in [0.25, 0.3) is 0 Å². The van der Waals surface area contributed by atoms with Crippen molar-refractivity contribution in [2.45, 2.75) is 44.8 Å². The predicted octanol–water partition coefficient (Wildman–Crippen LogP) is 3.26. The number of rotatable bonds is 11. The van der Waals surface area contributed by atoms with E-state index >= 15 is 0 Å². The zero-order valence-electron chi connectivity index (χ0n) is 20.0. The summed E-state index contributed by atoms with van der Waals surface area (Å²) < 4.78 is 25.1. The van der Waals surface area contributed by atoms with Crippen LogP contribution in [0.4, 0.5) is 4.39 Å². The summed E-state index contributed by atoms with van der Waals surface area (Å²) in [6.07, 6.45) is -3.03. The molecule has 6 nitrogen and oxygen atoms in total. The van der Waals surface area contributed by atoms with Crippen LogP contribution >= 0.6 is 0 Å². The van der Waals surface area contributed by atoms with Gasteiger partial charge in [-0.3, -0.25) is 0 Å². The van der Waals surface area contributed by atoms with Crippen LogP contribution in [-0.4, -0.2) is 42.1 Å². The van der Waals surface area contributed by atoms with Gasteiger partial charge in [0.15, 0.2) is 0 Å². The van der Waals surface area contributed by atoms with Crippen LogP contribution in [-0.2, 0) is 4.79 Å². The molecule has 0 saturated carbocycles.